The first-order valence-electron chi connectivity index (χ1n) is 10.4. The molecule has 3 fully saturated rings. The molecule has 1 amide bonds. The van der Waals surface area contributed by atoms with Crippen molar-refractivity contribution >= 4 is 5.91 Å². The number of nitrogens with zero attached hydrogens (tertiary/aromatic N) is 2. The highest BCUT2D eigenvalue weighted by Gasteiger charge is 2.43. The standard InChI is InChI=1S/C22H32N2O3/c1-18-4-6-19(7-5-18)26-16-21(25)24-12-8-22(9-13-24)14-20(27-17-22)15-23-10-2-3-11-23/h4-7,20H,2-3,8-17H2,1H3/t20-/m1/s1. The van der Waals surface area contributed by atoms with Crippen molar-refractivity contribution < 1.29 is 14.3 Å². The van der Waals surface area contributed by atoms with Crippen molar-refractivity contribution in [2.75, 3.05) is 45.9 Å². The summed E-state index contributed by atoms with van der Waals surface area (Å²) in [6, 6.07) is 7.85. The summed E-state index contributed by atoms with van der Waals surface area (Å²) in [5.41, 5.74) is 1.48. The minimum Gasteiger partial charge on any atom is -0.484 e. The zero-order valence-corrected chi connectivity index (χ0v) is 16.5. The molecule has 3 heterocycles. The molecule has 27 heavy (non-hydrogen) atoms. The van der Waals surface area contributed by atoms with Crippen molar-refractivity contribution in [1.82, 2.24) is 9.80 Å². The molecule has 3 saturated heterocycles. The van der Waals surface area contributed by atoms with Crippen molar-refractivity contribution in [3.05, 3.63) is 29.8 Å². The second-order valence-corrected chi connectivity index (χ2v) is 8.63. The van der Waals surface area contributed by atoms with E-state index in [1.807, 2.05) is 36.1 Å². The lowest BCUT2D eigenvalue weighted by Crippen LogP contribution is -2.45. The summed E-state index contributed by atoms with van der Waals surface area (Å²) in [5, 5.41) is 0. The van der Waals surface area contributed by atoms with Gasteiger partial charge in [-0.1, -0.05) is 17.7 Å². The fourth-order valence-electron chi connectivity index (χ4n) is 4.72. The number of aryl methyl sites for hydroxylation is 1. The Balaban J connectivity index is 1.21. The Morgan fingerprint density at radius 3 is 2.56 bits per heavy atom. The summed E-state index contributed by atoms with van der Waals surface area (Å²) in [5.74, 6) is 0.856. The van der Waals surface area contributed by atoms with Crippen molar-refractivity contribution in [2.45, 2.75) is 45.1 Å². The SMILES string of the molecule is Cc1ccc(OCC(=O)N2CCC3(CC2)CO[C@@H](CN2CCCC2)C3)cc1. The second-order valence-electron chi connectivity index (χ2n) is 8.63. The minimum atomic E-state index is 0.0953. The number of hydrogen-bond acceptors (Lipinski definition) is 4. The van der Waals surface area contributed by atoms with E-state index < -0.39 is 0 Å². The molecule has 0 aromatic heterocycles. The molecule has 1 aromatic carbocycles. The van der Waals surface area contributed by atoms with Gasteiger partial charge in [0.15, 0.2) is 6.61 Å². The van der Waals surface area contributed by atoms with E-state index in [9.17, 15) is 4.79 Å². The maximum atomic E-state index is 12.5. The van der Waals surface area contributed by atoms with Crippen LogP contribution < -0.4 is 4.74 Å². The van der Waals surface area contributed by atoms with Crippen LogP contribution in [0.3, 0.4) is 0 Å². The number of carbonyl (C=O) groups excluding carboxylic acids is 1. The number of hydrogen-bond donors (Lipinski definition) is 0. The lowest BCUT2D eigenvalue weighted by atomic mass is 9.76. The monoisotopic (exact) mass is 372 g/mol. The van der Waals surface area contributed by atoms with Crippen molar-refractivity contribution in [1.29, 1.82) is 0 Å². The van der Waals surface area contributed by atoms with Gasteiger partial charge in [0.2, 0.25) is 0 Å². The molecule has 5 nitrogen and oxygen atoms in total. The number of carbonyl (C=O) groups is 1. The predicted octanol–water partition coefficient (Wildman–Crippen LogP) is 2.87. The molecule has 1 spiro atoms. The predicted molar refractivity (Wildman–Crippen MR) is 105 cm³/mol. The lowest BCUT2D eigenvalue weighted by molar-refractivity contribution is -0.135. The Labute approximate surface area is 162 Å². The molecule has 3 aliphatic heterocycles. The third-order valence-electron chi connectivity index (χ3n) is 6.51. The van der Waals surface area contributed by atoms with Gasteiger partial charge in [0.1, 0.15) is 5.75 Å². The normalized spacial score (nSPS) is 25.2. The molecular weight excluding hydrogens is 340 g/mol. The Morgan fingerprint density at radius 1 is 1.15 bits per heavy atom. The van der Waals surface area contributed by atoms with E-state index in [0.717, 1.165) is 51.3 Å². The minimum absolute atomic E-state index is 0.0953. The second kappa shape index (κ2) is 8.19. The van der Waals surface area contributed by atoms with Crippen LogP contribution >= 0.6 is 0 Å². The highest BCUT2D eigenvalue weighted by molar-refractivity contribution is 5.77. The number of benzene rings is 1. The molecule has 0 aliphatic carbocycles. The summed E-state index contributed by atoms with van der Waals surface area (Å²) in [6.45, 7) is 8.26. The third-order valence-corrected chi connectivity index (χ3v) is 6.51. The van der Waals surface area contributed by atoms with Crippen LogP contribution in [-0.2, 0) is 9.53 Å². The Morgan fingerprint density at radius 2 is 1.85 bits per heavy atom. The summed E-state index contributed by atoms with van der Waals surface area (Å²) in [4.78, 5) is 17.0. The van der Waals surface area contributed by atoms with Crippen LogP contribution in [0.15, 0.2) is 24.3 Å². The van der Waals surface area contributed by atoms with Crippen LogP contribution in [0.2, 0.25) is 0 Å². The van der Waals surface area contributed by atoms with Crippen LogP contribution in [0.5, 0.6) is 5.75 Å². The third kappa shape index (κ3) is 4.64. The van der Waals surface area contributed by atoms with Crippen LogP contribution in [0.4, 0.5) is 0 Å². The van der Waals surface area contributed by atoms with Crippen molar-refractivity contribution in [3.63, 3.8) is 0 Å². The fourth-order valence-corrected chi connectivity index (χ4v) is 4.72. The number of rotatable bonds is 5. The first-order valence-corrected chi connectivity index (χ1v) is 10.4. The molecule has 0 bridgehead atoms. The van der Waals surface area contributed by atoms with E-state index >= 15 is 0 Å². The van der Waals surface area contributed by atoms with Gasteiger partial charge in [0, 0.05) is 19.6 Å². The topological polar surface area (TPSA) is 42.0 Å². The van der Waals surface area contributed by atoms with Gasteiger partial charge < -0.3 is 19.3 Å². The highest BCUT2D eigenvalue weighted by Crippen LogP contribution is 2.42. The summed E-state index contributed by atoms with van der Waals surface area (Å²) in [6.07, 6.45) is 6.32. The molecule has 3 aliphatic rings. The molecule has 0 unspecified atom stereocenters. The average Bonchev–Trinajstić information content (AvgIpc) is 3.32. The molecule has 0 saturated carbocycles. The van der Waals surface area contributed by atoms with Gasteiger partial charge in [-0.2, -0.15) is 0 Å². The van der Waals surface area contributed by atoms with E-state index in [2.05, 4.69) is 4.90 Å². The largest absolute Gasteiger partial charge is 0.484 e. The van der Waals surface area contributed by atoms with Crippen LogP contribution in [-0.4, -0.2) is 67.7 Å². The number of piperidine rings is 1. The van der Waals surface area contributed by atoms with E-state index in [1.165, 1.54) is 31.5 Å². The van der Waals surface area contributed by atoms with Crippen LogP contribution in [0, 0.1) is 12.3 Å². The summed E-state index contributed by atoms with van der Waals surface area (Å²) in [7, 11) is 0. The van der Waals surface area contributed by atoms with Crippen LogP contribution in [0.1, 0.15) is 37.7 Å². The Kier molecular flexibility index (Phi) is 5.69. The zero-order valence-electron chi connectivity index (χ0n) is 16.5. The van der Waals surface area contributed by atoms with Crippen LogP contribution in [0.25, 0.3) is 0 Å². The van der Waals surface area contributed by atoms with E-state index in [4.69, 9.17) is 9.47 Å². The quantitative estimate of drug-likeness (QED) is 0.797. The molecule has 4 rings (SSSR count). The van der Waals surface area contributed by atoms with Gasteiger partial charge in [-0.05, 0) is 69.7 Å². The number of amides is 1. The first kappa shape index (κ1) is 18.8. The Hall–Kier alpha value is -1.59. The molecular formula is C22H32N2O3. The van der Waals surface area contributed by atoms with Gasteiger partial charge in [-0.15, -0.1) is 0 Å². The zero-order chi connectivity index (χ0) is 18.7. The van der Waals surface area contributed by atoms with E-state index in [1.54, 1.807) is 0 Å². The maximum Gasteiger partial charge on any atom is 0.260 e. The fraction of sp³-hybridized carbons (Fsp3) is 0.682. The molecule has 148 valence electrons. The maximum absolute atomic E-state index is 12.5. The van der Waals surface area contributed by atoms with Gasteiger partial charge in [0.05, 0.1) is 12.7 Å². The lowest BCUT2D eigenvalue weighted by Gasteiger charge is -2.38. The smallest absolute Gasteiger partial charge is 0.260 e. The van der Waals surface area contributed by atoms with Crippen molar-refractivity contribution in [2.24, 2.45) is 5.41 Å². The average molecular weight is 373 g/mol. The molecule has 0 N–H and O–H groups in total. The van der Waals surface area contributed by atoms with Crippen molar-refractivity contribution in [3.8, 4) is 5.75 Å². The number of likely N-dealkylation sites (tertiary alicyclic amines) is 2. The molecule has 1 aromatic rings. The van der Waals surface area contributed by atoms with Gasteiger partial charge >= 0.3 is 0 Å². The summed E-state index contributed by atoms with van der Waals surface area (Å²) < 4.78 is 11.8. The Bertz CT molecular complexity index is 631. The molecule has 5 heteroatoms. The van der Waals surface area contributed by atoms with Gasteiger partial charge in [0.25, 0.3) is 5.91 Å². The molecule has 0 radical (unpaired) electrons. The van der Waals surface area contributed by atoms with Gasteiger partial charge in [-0.25, -0.2) is 0 Å². The van der Waals surface area contributed by atoms with E-state index in [0.29, 0.717) is 11.5 Å². The first-order chi connectivity index (χ1) is 13.1. The molecule has 1 atom stereocenters. The summed E-state index contributed by atoms with van der Waals surface area (Å²) >= 11 is 0. The van der Waals surface area contributed by atoms with Gasteiger partial charge in [-0.3, -0.25) is 4.79 Å². The highest BCUT2D eigenvalue weighted by atomic mass is 16.5. The van der Waals surface area contributed by atoms with E-state index in [-0.39, 0.29) is 12.5 Å². The number of ether oxygens (including phenoxy) is 2.